The minimum atomic E-state index is 0.440. The maximum atomic E-state index is 9.44. The van der Waals surface area contributed by atoms with Crippen molar-refractivity contribution >= 4 is 40.0 Å². The van der Waals surface area contributed by atoms with Gasteiger partial charge in [-0.15, -0.1) is 0 Å². The van der Waals surface area contributed by atoms with Gasteiger partial charge in [0.05, 0.1) is 22.3 Å². The van der Waals surface area contributed by atoms with Crippen LogP contribution in [0.2, 0.25) is 5.02 Å². The van der Waals surface area contributed by atoms with E-state index in [-0.39, 0.29) is 0 Å². The Balaban J connectivity index is 1.76. The molecule has 8 nitrogen and oxygen atoms in total. The molecule has 0 bridgehead atoms. The van der Waals surface area contributed by atoms with E-state index in [4.69, 9.17) is 11.6 Å². The van der Waals surface area contributed by atoms with Crippen LogP contribution >= 0.6 is 11.6 Å². The quantitative estimate of drug-likeness (QED) is 0.532. The van der Waals surface area contributed by atoms with Gasteiger partial charge in [-0.3, -0.25) is 0 Å². The number of para-hydroxylation sites is 1. The van der Waals surface area contributed by atoms with E-state index in [1.165, 1.54) is 6.33 Å². The van der Waals surface area contributed by atoms with Crippen LogP contribution in [0.4, 0.5) is 17.5 Å². The van der Waals surface area contributed by atoms with E-state index in [0.717, 1.165) is 23.3 Å². The smallest absolute Gasteiger partial charge is 0.137 e. The Bertz CT molecular complexity index is 1190. The van der Waals surface area contributed by atoms with Crippen molar-refractivity contribution in [2.45, 2.75) is 6.92 Å². The molecular weight excluding hydrogens is 376 g/mol. The number of hydrogen-bond acceptors (Lipinski definition) is 7. The van der Waals surface area contributed by atoms with Crippen molar-refractivity contribution in [1.29, 1.82) is 5.26 Å². The van der Waals surface area contributed by atoms with E-state index < -0.39 is 0 Å². The number of nitrogens with zero attached hydrogens (tertiary/aromatic N) is 6. The Labute approximate surface area is 165 Å². The number of fused-ring (bicyclic) bond motifs is 1. The van der Waals surface area contributed by atoms with Gasteiger partial charge in [0.2, 0.25) is 0 Å². The van der Waals surface area contributed by atoms with Crippen LogP contribution in [0.15, 0.2) is 49.1 Å². The molecule has 0 saturated carbocycles. The predicted molar refractivity (Wildman–Crippen MR) is 108 cm³/mol. The molecule has 0 spiro atoms. The van der Waals surface area contributed by atoms with Crippen LogP contribution in [-0.2, 0) is 0 Å². The minimum absolute atomic E-state index is 0.440. The fraction of sp³-hybridized carbons (Fsp3) is 0.105. The van der Waals surface area contributed by atoms with Crippen LogP contribution < -0.4 is 10.6 Å². The van der Waals surface area contributed by atoms with Crippen LogP contribution in [0.1, 0.15) is 12.5 Å². The van der Waals surface area contributed by atoms with E-state index in [9.17, 15) is 5.26 Å². The lowest BCUT2D eigenvalue weighted by molar-refractivity contribution is 0.907. The van der Waals surface area contributed by atoms with Gasteiger partial charge >= 0.3 is 0 Å². The number of anilines is 3. The van der Waals surface area contributed by atoms with Gasteiger partial charge in [-0.05, 0) is 19.1 Å². The van der Waals surface area contributed by atoms with Crippen LogP contribution in [0.25, 0.3) is 16.6 Å². The Morgan fingerprint density at radius 2 is 1.93 bits per heavy atom. The van der Waals surface area contributed by atoms with Gasteiger partial charge in [0.15, 0.2) is 0 Å². The maximum Gasteiger partial charge on any atom is 0.137 e. The zero-order valence-electron chi connectivity index (χ0n) is 14.9. The molecule has 0 radical (unpaired) electrons. The maximum absolute atomic E-state index is 9.44. The van der Waals surface area contributed by atoms with Crippen molar-refractivity contribution in [3.8, 4) is 11.8 Å². The number of pyridine rings is 1. The van der Waals surface area contributed by atoms with Crippen molar-refractivity contribution in [3.05, 3.63) is 59.6 Å². The van der Waals surface area contributed by atoms with Gasteiger partial charge in [0, 0.05) is 30.3 Å². The number of rotatable bonds is 5. The molecular formula is C19H15ClN8. The Morgan fingerprint density at radius 3 is 2.75 bits per heavy atom. The van der Waals surface area contributed by atoms with E-state index in [0.29, 0.717) is 27.9 Å². The van der Waals surface area contributed by atoms with Gasteiger partial charge in [-0.1, -0.05) is 17.7 Å². The summed E-state index contributed by atoms with van der Waals surface area (Å²) in [5.41, 5.74) is 1.74. The summed E-state index contributed by atoms with van der Waals surface area (Å²) in [6, 6.07) is 11.0. The highest BCUT2D eigenvalue weighted by Gasteiger charge is 2.14. The molecule has 0 amide bonds. The molecule has 4 rings (SSSR count). The minimum Gasteiger partial charge on any atom is -0.370 e. The molecule has 9 heteroatoms. The zero-order chi connectivity index (χ0) is 19.5. The number of halogens is 1. The first-order valence-corrected chi connectivity index (χ1v) is 8.93. The van der Waals surface area contributed by atoms with Crippen LogP contribution in [0.3, 0.4) is 0 Å². The van der Waals surface area contributed by atoms with Gasteiger partial charge < -0.3 is 10.6 Å². The van der Waals surface area contributed by atoms with Crippen molar-refractivity contribution in [3.63, 3.8) is 0 Å². The summed E-state index contributed by atoms with van der Waals surface area (Å²) in [7, 11) is 0. The fourth-order valence-corrected chi connectivity index (χ4v) is 3.08. The summed E-state index contributed by atoms with van der Waals surface area (Å²) in [5, 5.41) is 21.4. The number of hydrogen-bond donors (Lipinski definition) is 2. The van der Waals surface area contributed by atoms with E-state index in [2.05, 4.69) is 36.8 Å². The topological polar surface area (TPSA) is 104 Å². The molecule has 0 unspecified atom stereocenters. The van der Waals surface area contributed by atoms with Crippen LogP contribution in [-0.4, -0.2) is 31.3 Å². The standard InChI is InChI=1S/C19H15ClN8/c1-2-22-16-7-18(25-11-24-16)27-17-6-15-13(9-23-17)10-26-28(15)19-12(8-21)4-3-5-14(19)20/h3-7,9-11H,2H2,1H3,(H2,22,23,24,25,27). The molecule has 0 aliphatic carbocycles. The molecule has 3 heterocycles. The monoisotopic (exact) mass is 390 g/mol. The summed E-state index contributed by atoms with van der Waals surface area (Å²) in [6.07, 6.45) is 4.87. The summed E-state index contributed by atoms with van der Waals surface area (Å²) < 4.78 is 1.65. The third-order valence-electron chi connectivity index (χ3n) is 4.05. The molecule has 28 heavy (non-hydrogen) atoms. The van der Waals surface area contributed by atoms with Crippen LogP contribution in [0.5, 0.6) is 0 Å². The summed E-state index contributed by atoms with van der Waals surface area (Å²) in [4.78, 5) is 12.8. The summed E-state index contributed by atoms with van der Waals surface area (Å²) in [6.45, 7) is 2.76. The Kier molecular flexibility index (Phi) is 4.74. The first-order valence-electron chi connectivity index (χ1n) is 8.55. The number of benzene rings is 1. The second-order valence-electron chi connectivity index (χ2n) is 5.88. The van der Waals surface area contributed by atoms with Crippen molar-refractivity contribution in [2.24, 2.45) is 0 Å². The molecule has 3 aromatic heterocycles. The molecule has 4 aromatic rings. The van der Waals surface area contributed by atoms with Gasteiger partial charge in [0.1, 0.15) is 35.5 Å². The number of nitriles is 1. The Morgan fingerprint density at radius 1 is 1.11 bits per heavy atom. The van der Waals surface area contributed by atoms with E-state index in [1.807, 2.05) is 13.0 Å². The third-order valence-corrected chi connectivity index (χ3v) is 4.36. The molecule has 0 aliphatic heterocycles. The van der Waals surface area contributed by atoms with Crippen LogP contribution in [0, 0.1) is 11.3 Å². The second-order valence-corrected chi connectivity index (χ2v) is 6.28. The Hall–Kier alpha value is -3.70. The highest BCUT2D eigenvalue weighted by molar-refractivity contribution is 6.32. The lowest BCUT2D eigenvalue weighted by Crippen LogP contribution is -2.03. The first-order chi connectivity index (χ1) is 13.7. The lowest BCUT2D eigenvalue weighted by Gasteiger charge is -2.10. The van der Waals surface area contributed by atoms with Crippen molar-refractivity contribution in [1.82, 2.24) is 24.7 Å². The number of nitrogens with one attached hydrogen (secondary N) is 2. The molecule has 0 saturated heterocycles. The highest BCUT2D eigenvalue weighted by Crippen LogP contribution is 2.28. The molecule has 1 aromatic carbocycles. The van der Waals surface area contributed by atoms with E-state index in [1.54, 1.807) is 41.3 Å². The molecule has 0 fully saturated rings. The van der Waals surface area contributed by atoms with Crippen molar-refractivity contribution < 1.29 is 0 Å². The zero-order valence-corrected chi connectivity index (χ0v) is 15.6. The summed E-state index contributed by atoms with van der Waals surface area (Å²) >= 11 is 6.35. The summed E-state index contributed by atoms with van der Waals surface area (Å²) in [5.74, 6) is 1.92. The largest absolute Gasteiger partial charge is 0.370 e. The van der Waals surface area contributed by atoms with Gasteiger partial charge in [0.25, 0.3) is 0 Å². The van der Waals surface area contributed by atoms with Gasteiger partial charge in [-0.25, -0.2) is 19.6 Å². The van der Waals surface area contributed by atoms with Gasteiger partial charge in [-0.2, -0.15) is 10.4 Å². The molecule has 2 N–H and O–H groups in total. The van der Waals surface area contributed by atoms with Crippen molar-refractivity contribution in [2.75, 3.05) is 17.2 Å². The molecule has 0 aliphatic rings. The average Bonchev–Trinajstić information content (AvgIpc) is 3.11. The first kappa shape index (κ1) is 17.7. The second kappa shape index (κ2) is 7.50. The predicted octanol–water partition coefficient (Wildman–Crippen LogP) is 3.91. The third kappa shape index (κ3) is 3.31. The fourth-order valence-electron chi connectivity index (χ4n) is 2.82. The molecule has 138 valence electrons. The highest BCUT2D eigenvalue weighted by atomic mass is 35.5. The SMILES string of the molecule is CCNc1cc(Nc2cc3c(cn2)cnn3-c2c(Cl)cccc2C#N)ncn1. The normalized spacial score (nSPS) is 10.6. The van der Waals surface area contributed by atoms with E-state index >= 15 is 0 Å². The lowest BCUT2D eigenvalue weighted by atomic mass is 10.2. The average molecular weight is 391 g/mol. The number of aromatic nitrogens is 5. The molecule has 0 atom stereocenters.